The monoisotopic (exact) mass is 369 g/mol. The SMILES string of the molecule is BrCCN(Cc1ccccc1)c1ncc(Br)cn1. The Kier molecular flexibility index (Phi) is 5.13. The van der Waals surface area contributed by atoms with Crippen LogP contribution in [0.5, 0.6) is 0 Å². The van der Waals surface area contributed by atoms with Crippen LogP contribution in [0.4, 0.5) is 5.95 Å². The van der Waals surface area contributed by atoms with Crippen LogP contribution in [0, 0.1) is 0 Å². The highest BCUT2D eigenvalue weighted by atomic mass is 79.9. The van der Waals surface area contributed by atoms with E-state index in [0.717, 1.165) is 28.8 Å². The fourth-order valence-corrected chi connectivity index (χ4v) is 2.26. The van der Waals surface area contributed by atoms with Gasteiger partial charge in [-0.1, -0.05) is 46.3 Å². The van der Waals surface area contributed by atoms with Gasteiger partial charge >= 0.3 is 0 Å². The molecular weight excluding hydrogens is 358 g/mol. The molecule has 2 rings (SSSR count). The molecule has 0 unspecified atom stereocenters. The predicted octanol–water partition coefficient (Wildman–Crippen LogP) is 3.64. The lowest BCUT2D eigenvalue weighted by Gasteiger charge is -2.21. The number of aromatic nitrogens is 2. The maximum Gasteiger partial charge on any atom is 0.225 e. The summed E-state index contributed by atoms with van der Waals surface area (Å²) in [5.41, 5.74) is 1.25. The number of benzene rings is 1. The molecule has 0 fully saturated rings. The highest BCUT2D eigenvalue weighted by molar-refractivity contribution is 9.10. The quantitative estimate of drug-likeness (QED) is 0.752. The smallest absolute Gasteiger partial charge is 0.225 e. The number of halogens is 2. The van der Waals surface area contributed by atoms with Gasteiger partial charge in [-0.15, -0.1) is 0 Å². The summed E-state index contributed by atoms with van der Waals surface area (Å²) in [7, 11) is 0. The van der Waals surface area contributed by atoms with Crippen LogP contribution >= 0.6 is 31.9 Å². The van der Waals surface area contributed by atoms with Crippen LogP contribution < -0.4 is 4.90 Å². The van der Waals surface area contributed by atoms with Gasteiger partial charge in [0, 0.05) is 30.8 Å². The Morgan fingerprint density at radius 3 is 2.33 bits per heavy atom. The van der Waals surface area contributed by atoms with Gasteiger partial charge in [0.25, 0.3) is 0 Å². The first kappa shape index (κ1) is 13.5. The summed E-state index contributed by atoms with van der Waals surface area (Å²) in [6, 6.07) is 10.3. The standard InChI is InChI=1S/C13H13Br2N3/c14-6-7-18(10-11-4-2-1-3-5-11)13-16-8-12(15)9-17-13/h1-5,8-9H,6-7,10H2. The first-order chi connectivity index (χ1) is 8.79. The molecule has 1 aromatic carbocycles. The molecule has 0 bridgehead atoms. The van der Waals surface area contributed by atoms with Crippen LogP contribution in [-0.2, 0) is 6.54 Å². The molecule has 94 valence electrons. The number of anilines is 1. The van der Waals surface area contributed by atoms with Gasteiger partial charge in [-0.25, -0.2) is 9.97 Å². The van der Waals surface area contributed by atoms with Crippen molar-refractivity contribution in [2.24, 2.45) is 0 Å². The van der Waals surface area contributed by atoms with Crippen LogP contribution in [0.3, 0.4) is 0 Å². The second kappa shape index (κ2) is 6.85. The lowest BCUT2D eigenvalue weighted by atomic mass is 10.2. The van der Waals surface area contributed by atoms with Gasteiger partial charge in [0.1, 0.15) is 0 Å². The molecule has 18 heavy (non-hydrogen) atoms. The Labute approximate surface area is 124 Å². The fourth-order valence-electron chi connectivity index (χ4n) is 1.62. The van der Waals surface area contributed by atoms with Gasteiger partial charge in [-0.05, 0) is 21.5 Å². The Hall–Kier alpha value is -0.940. The molecule has 1 heterocycles. The van der Waals surface area contributed by atoms with E-state index in [-0.39, 0.29) is 0 Å². The topological polar surface area (TPSA) is 29.0 Å². The molecule has 0 aliphatic heterocycles. The summed E-state index contributed by atoms with van der Waals surface area (Å²) < 4.78 is 0.893. The maximum absolute atomic E-state index is 4.34. The third-order valence-corrected chi connectivity index (χ3v) is 3.22. The van der Waals surface area contributed by atoms with E-state index in [1.54, 1.807) is 12.4 Å². The molecule has 0 saturated carbocycles. The van der Waals surface area contributed by atoms with Crippen LogP contribution in [0.15, 0.2) is 47.2 Å². The third-order valence-electron chi connectivity index (χ3n) is 2.46. The van der Waals surface area contributed by atoms with E-state index in [2.05, 4.69) is 58.9 Å². The lowest BCUT2D eigenvalue weighted by Crippen LogP contribution is -2.26. The summed E-state index contributed by atoms with van der Waals surface area (Å²) in [5.74, 6) is 0.751. The molecule has 0 atom stereocenters. The van der Waals surface area contributed by atoms with Gasteiger partial charge in [0.15, 0.2) is 0 Å². The molecule has 0 saturated heterocycles. The van der Waals surface area contributed by atoms with E-state index in [1.165, 1.54) is 5.56 Å². The van der Waals surface area contributed by atoms with Crippen molar-refractivity contribution < 1.29 is 0 Å². The van der Waals surface area contributed by atoms with Crippen molar-refractivity contribution in [2.45, 2.75) is 6.54 Å². The highest BCUT2D eigenvalue weighted by Gasteiger charge is 2.09. The third kappa shape index (κ3) is 3.78. The van der Waals surface area contributed by atoms with Crippen LogP contribution in [0.25, 0.3) is 0 Å². The molecule has 0 amide bonds. The molecule has 1 aromatic heterocycles. The average Bonchev–Trinajstić information content (AvgIpc) is 2.40. The van der Waals surface area contributed by atoms with Crippen molar-refractivity contribution in [3.05, 3.63) is 52.8 Å². The van der Waals surface area contributed by atoms with Crippen molar-refractivity contribution in [3.63, 3.8) is 0 Å². The molecule has 2 aromatic rings. The van der Waals surface area contributed by atoms with Crippen molar-refractivity contribution in [1.29, 1.82) is 0 Å². The number of nitrogens with zero attached hydrogens (tertiary/aromatic N) is 3. The minimum atomic E-state index is 0.751. The van der Waals surface area contributed by atoms with Crippen molar-refractivity contribution in [1.82, 2.24) is 9.97 Å². The summed E-state index contributed by atoms with van der Waals surface area (Å²) >= 11 is 6.82. The minimum absolute atomic E-state index is 0.751. The number of alkyl halides is 1. The largest absolute Gasteiger partial charge is 0.336 e. The Balaban J connectivity index is 2.15. The van der Waals surface area contributed by atoms with Gasteiger partial charge in [-0.3, -0.25) is 0 Å². The summed E-state index contributed by atoms with van der Waals surface area (Å²) in [4.78, 5) is 10.8. The zero-order chi connectivity index (χ0) is 12.8. The molecule has 0 N–H and O–H groups in total. The average molecular weight is 371 g/mol. The minimum Gasteiger partial charge on any atom is -0.336 e. The second-order valence-electron chi connectivity index (χ2n) is 3.80. The maximum atomic E-state index is 4.34. The normalized spacial score (nSPS) is 10.3. The van der Waals surface area contributed by atoms with Gasteiger partial charge in [0.05, 0.1) is 4.47 Å². The number of rotatable bonds is 5. The van der Waals surface area contributed by atoms with E-state index >= 15 is 0 Å². The first-order valence-corrected chi connectivity index (χ1v) is 7.53. The predicted molar refractivity (Wildman–Crippen MR) is 81.0 cm³/mol. The molecular formula is C13H13Br2N3. The van der Waals surface area contributed by atoms with E-state index in [1.807, 2.05) is 18.2 Å². The van der Waals surface area contributed by atoms with Gasteiger partial charge < -0.3 is 4.90 Å². The summed E-state index contributed by atoms with van der Waals surface area (Å²) in [6.07, 6.45) is 3.54. The Morgan fingerprint density at radius 2 is 1.72 bits per heavy atom. The molecule has 0 aliphatic carbocycles. The summed E-state index contributed by atoms with van der Waals surface area (Å²) in [6.45, 7) is 1.69. The number of hydrogen-bond acceptors (Lipinski definition) is 3. The van der Waals surface area contributed by atoms with E-state index in [9.17, 15) is 0 Å². The van der Waals surface area contributed by atoms with E-state index in [4.69, 9.17) is 0 Å². The van der Waals surface area contributed by atoms with Crippen molar-refractivity contribution >= 4 is 37.8 Å². The van der Waals surface area contributed by atoms with E-state index in [0.29, 0.717) is 0 Å². The Bertz CT molecular complexity index is 473. The lowest BCUT2D eigenvalue weighted by molar-refractivity contribution is 0.797. The number of hydrogen-bond donors (Lipinski definition) is 0. The summed E-state index contributed by atoms with van der Waals surface area (Å²) in [5, 5.41) is 0.888. The zero-order valence-corrected chi connectivity index (χ0v) is 12.9. The van der Waals surface area contributed by atoms with Crippen LogP contribution in [0.2, 0.25) is 0 Å². The molecule has 5 heteroatoms. The van der Waals surface area contributed by atoms with Crippen molar-refractivity contribution in [3.8, 4) is 0 Å². The van der Waals surface area contributed by atoms with Crippen LogP contribution in [0.1, 0.15) is 5.56 Å². The van der Waals surface area contributed by atoms with Crippen molar-refractivity contribution in [2.75, 3.05) is 16.8 Å². The van der Waals surface area contributed by atoms with Crippen LogP contribution in [-0.4, -0.2) is 21.8 Å². The fraction of sp³-hybridized carbons (Fsp3) is 0.231. The molecule has 0 radical (unpaired) electrons. The molecule has 3 nitrogen and oxygen atoms in total. The first-order valence-electron chi connectivity index (χ1n) is 5.62. The zero-order valence-electron chi connectivity index (χ0n) is 9.76. The molecule has 0 spiro atoms. The second-order valence-corrected chi connectivity index (χ2v) is 5.51. The van der Waals surface area contributed by atoms with E-state index < -0.39 is 0 Å². The van der Waals surface area contributed by atoms with Gasteiger partial charge in [0.2, 0.25) is 5.95 Å². The Morgan fingerprint density at radius 1 is 1.06 bits per heavy atom. The highest BCUT2D eigenvalue weighted by Crippen LogP contribution is 2.14. The molecule has 0 aliphatic rings. The van der Waals surface area contributed by atoms with Gasteiger partial charge in [-0.2, -0.15) is 0 Å².